The van der Waals surface area contributed by atoms with Crippen LogP contribution in [0.4, 0.5) is 0 Å². The maximum Gasteiger partial charge on any atom is 0.118 e. The van der Waals surface area contributed by atoms with Crippen LogP contribution in [-0.4, -0.2) is 19.7 Å². The van der Waals surface area contributed by atoms with Crippen molar-refractivity contribution in [3.63, 3.8) is 0 Å². The summed E-state index contributed by atoms with van der Waals surface area (Å²) in [6, 6.07) is 9.27. The Morgan fingerprint density at radius 1 is 1.27 bits per heavy atom. The van der Waals surface area contributed by atoms with Gasteiger partial charge < -0.3 is 10.1 Å². The van der Waals surface area contributed by atoms with Crippen molar-refractivity contribution in [2.24, 2.45) is 0 Å². The zero-order valence-corrected chi connectivity index (χ0v) is 9.41. The van der Waals surface area contributed by atoms with Crippen molar-refractivity contribution >= 4 is 0 Å². The van der Waals surface area contributed by atoms with Gasteiger partial charge in [-0.1, -0.05) is 12.1 Å². The van der Waals surface area contributed by atoms with Crippen LogP contribution in [0.25, 0.3) is 0 Å². The van der Waals surface area contributed by atoms with Gasteiger partial charge in [0.25, 0.3) is 0 Å². The molecule has 0 radical (unpaired) electrons. The summed E-state index contributed by atoms with van der Waals surface area (Å²) in [5, 5.41) is 2.49. The fourth-order valence-corrected chi connectivity index (χ4v) is 2.27. The molecule has 2 nitrogen and oxygen atoms in total. The molecule has 1 saturated heterocycles. The van der Waals surface area contributed by atoms with Crippen molar-refractivity contribution < 1.29 is 10.1 Å². The number of ether oxygens (including phenoxy) is 1. The number of quaternary nitrogens is 1. The molecule has 15 heavy (non-hydrogen) atoms. The van der Waals surface area contributed by atoms with E-state index in [1.54, 1.807) is 7.11 Å². The molecule has 0 saturated carbocycles. The van der Waals surface area contributed by atoms with Crippen LogP contribution in [0.2, 0.25) is 0 Å². The molecule has 0 unspecified atom stereocenters. The fourth-order valence-electron chi connectivity index (χ4n) is 2.27. The predicted molar refractivity (Wildman–Crippen MR) is 61.1 cm³/mol. The molecule has 2 rings (SSSR count). The number of benzene rings is 1. The topological polar surface area (TPSA) is 25.8 Å². The normalized spacial score (nSPS) is 21.3. The number of rotatable bonds is 3. The lowest BCUT2D eigenvalue weighted by Gasteiger charge is -2.20. The van der Waals surface area contributed by atoms with E-state index in [1.807, 2.05) is 0 Å². The van der Waals surface area contributed by atoms with Gasteiger partial charge in [-0.3, -0.25) is 0 Å². The van der Waals surface area contributed by atoms with Crippen LogP contribution >= 0.6 is 0 Å². The average Bonchev–Trinajstić information content (AvgIpc) is 2.31. The van der Waals surface area contributed by atoms with E-state index in [0.29, 0.717) is 0 Å². The minimum atomic E-state index is 0.798. The first-order valence-electron chi connectivity index (χ1n) is 5.85. The third-order valence-corrected chi connectivity index (χ3v) is 3.19. The highest BCUT2D eigenvalue weighted by Gasteiger charge is 2.16. The first kappa shape index (κ1) is 10.5. The number of piperidine rings is 1. The van der Waals surface area contributed by atoms with Gasteiger partial charge in [-0.05, 0) is 37.0 Å². The number of methoxy groups -OCH3 is 1. The smallest absolute Gasteiger partial charge is 0.118 e. The van der Waals surface area contributed by atoms with Crippen LogP contribution < -0.4 is 10.1 Å². The highest BCUT2D eigenvalue weighted by atomic mass is 16.5. The van der Waals surface area contributed by atoms with Gasteiger partial charge in [0.2, 0.25) is 0 Å². The molecule has 2 N–H and O–H groups in total. The Bertz CT molecular complexity index is 288. The highest BCUT2D eigenvalue weighted by molar-refractivity contribution is 5.27. The Balaban J connectivity index is 1.91. The highest BCUT2D eigenvalue weighted by Crippen LogP contribution is 2.14. The molecular formula is C13H20NO+. The SMILES string of the molecule is COc1ccc(C[C@@H]2CCCC[NH2+]2)cc1. The zero-order valence-electron chi connectivity index (χ0n) is 9.41. The van der Waals surface area contributed by atoms with Gasteiger partial charge in [-0.2, -0.15) is 0 Å². The third kappa shape index (κ3) is 2.96. The van der Waals surface area contributed by atoms with Crippen LogP contribution in [0, 0.1) is 0 Å². The summed E-state index contributed by atoms with van der Waals surface area (Å²) in [6.45, 7) is 1.31. The molecule has 1 heterocycles. The Hall–Kier alpha value is -1.02. The van der Waals surface area contributed by atoms with Crippen LogP contribution in [0.1, 0.15) is 24.8 Å². The minimum absolute atomic E-state index is 0.798. The van der Waals surface area contributed by atoms with Gasteiger partial charge >= 0.3 is 0 Å². The van der Waals surface area contributed by atoms with E-state index >= 15 is 0 Å². The summed E-state index contributed by atoms with van der Waals surface area (Å²) >= 11 is 0. The largest absolute Gasteiger partial charge is 0.497 e. The monoisotopic (exact) mass is 206 g/mol. The lowest BCUT2D eigenvalue weighted by Crippen LogP contribution is -2.91. The quantitative estimate of drug-likeness (QED) is 0.794. The van der Waals surface area contributed by atoms with E-state index in [0.717, 1.165) is 11.8 Å². The van der Waals surface area contributed by atoms with Crippen molar-refractivity contribution in [2.45, 2.75) is 31.7 Å². The molecule has 1 aromatic carbocycles. The summed E-state index contributed by atoms with van der Waals surface area (Å²) in [5.74, 6) is 0.950. The van der Waals surface area contributed by atoms with Crippen molar-refractivity contribution in [2.75, 3.05) is 13.7 Å². The third-order valence-electron chi connectivity index (χ3n) is 3.19. The zero-order chi connectivity index (χ0) is 10.5. The lowest BCUT2D eigenvalue weighted by atomic mass is 9.98. The Labute approximate surface area is 91.6 Å². The maximum absolute atomic E-state index is 5.15. The van der Waals surface area contributed by atoms with Gasteiger partial charge in [0.05, 0.1) is 19.7 Å². The second kappa shape index (κ2) is 5.17. The van der Waals surface area contributed by atoms with Gasteiger partial charge in [-0.15, -0.1) is 0 Å². The van der Waals surface area contributed by atoms with Gasteiger partial charge in [0.1, 0.15) is 5.75 Å². The van der Waals surface area contributed by atoms with E-state index in [1.165, 1.54) is 37.8 Å². The molecular weight excluding hydrogens is 186 g/mol. The molecule has 0 aromatic heterocycles. The van der Waals surface area contributed by atoms with Crippen LogP contribution in [0.15, 0.2) is 24.3 Å². The van der Waals surface area contributed by atoms with E-state index in [9.17, 15) is 0 Å². The van der Waals surface area contributed by atoms with Crippen molar-refractivity contribution in [1.82, 2.24) is 0 Å². The summed E-state index contributed by atoms with van der Waals surface area (Å²) in [6.07, 6.45) is 5.35. The van der Waals surface area contributed by atoms with Crippen LogP contribution in [0.5, 0.6) is 5.75 Å². The molecule has 2 heteroatoms. The van der Waals surface area contributed by atoms with Crippen molar-refractivity contribution in [1.29, 1.82) is 0 Å². The summed E-state index contributed by atoms with van der Waals surface area (Å²) < 4.78 is 5.15. The Morgan fingerprint density at radius 2 is 2.07 bits per heavy atom. The van der Waals surface area contributed by atoms with E-state index in [4.69, 9.17) is 4.74 Å². The molecule has 1 atom stereocenters. The molecule has 1 aliphatic heterocycles. The van der Waals surface area contributed by atoms with E-state index in [-0.39, 0.29) is 0 Å². The van der Waals surface area contributed by atoms with Gasteiger partial charge in [0.15, 0.2) is 0 Å². The molecule has 1 fully saturated rings. The Kier molecular flexibility index (Phi) is 3.62. The molecule has 1 aliphatic rings. The molecule has 0 spiro atoms. The second-order valence-electron chi connectivity index (χ2n) is 4.33. The maximum atomic E-state index is 5.15. The standard InChI is InChI=1S/C13H19NO/c1-15-13-7-5-11(6-8-13)10-12-4-2-3-9-14-12/h5-8,12,14H,2-4,9-10H2,1H3/p+1/t12-/m0/s1. The molecule has 82 valence electrons. The molecule has 0 aliphatic carbocycles. The van der Waals surface area contributed by atoms with Crippen molar-refractivity contribution in [3.8, 4) is 5.75 Å². The van der Waals surface area contributed by atoms with Crippen LogP contribution in [0.3, 0.4) is 0 Å². The molecule has 0 bridgehead atoms. The minimum Gasteiger partial charge on any atom is -0.497 e. The lowest BCUT2D eigenvalue weighted by molar-refractivity contribution is -0.697. The second-order valence-corrected chi connectivity index (χ2v) is 4.33. The Morgan fingerprint density at radius 3 is 2.67 bits per heavy atom. The van der Waals surface area contributed by atoms with Gasteiger partial charge in [0, 0.05) is 6.42 Å². The predicted octanol–water partition coefficient (Wildman–Crippen LogP) is 1.35. The average molecular weight is 206 g/mol. The summed E-state index contributed by atoms with van der Waals surface area (Å²) in [5.41, 5.74) is 1.43. The number of nitrogens with two attached hydrogens (primary N) is 1. The first-order chi connectivity index (χ1) is 7.38. The fraction of sp³-hybridized carbons (Fsp3) is 0.538. The first-order valence-corrected chi connectivity index (χ1v) is 5.85. The van der Waals surface area contributed by atoms with E-state index < -0.39 is 0 Å². The number of hydrogen-bond acceptors (Lipinski definition) is 1. The molecule has 0 amide bonds. The number of hydrogen-bond donors (Lipinski definition) is 1. The van der Waals surface area contributed by atoms with Gasteiger partial charge in [-0.25, -0.2) is 0 Å². The summed E-state index contributed by atoms with van der Waals surface area (Å²) in [7, 11) is 1.71. The molecule has 1 aromatic rings. The van der Waals surface area contributed by atoms with Crippen LogP contribution in [-0.2, 0) is 6.42 Å². The van der Waals surface area contributed by atoms with Crippen molar-refractivity contribution in [3.05, 3.63) is 29.8 Å². The van der Waals surface area contributed by atoms with E-state index in [2.05, 4.69) is 29.6 Å². The summed E-state index contributed by atoms with van der Waals surface area (Å²) in [4.78, 5) is 0.